The van der Waals surface area contributed by atoms with Gasteiger partial charge in [-0.05, 0) is 38.5 Å². The number of rotatable bonds is 40. The normalized spacial score (nSPS) is 23.4. The molecule has 0 spiro atoms. The molecule has 1 fully saturated rings. The fourth-order valence-electron chi connectivity index (χ4n) is 7.89. The Kier molecular flexibility index (Phi) is 34.6. The topological polar surface area (TPSA) is 226 Å². The van der Waals surface area contributed by atoms with Gasteiger partial charge in [0, 0.05) is 0 Å². The molecule has 8 atom stereocenters. The second-order valence-electron chi connectivity index (χ2n) is 17.5. The number of nitrogens with one attached hydrogen (secondary N) is 1. The van der Waals surface area contributed by atoms with Gasteiger partial charge in [0.1, 0.15) is 36.6 Å². The van der Waals surface area contributed by atoms with Crippen LogP contribution in [0.5, 0.6) is 0 Å². The number of carbonyl (C=O) groups excluding carboxylic acids is 1. The van der Waals surface area contributed by atoms with Gasteiger partial charge in [-0.25, -0.2) is 4.57 Å². The van der Waals surface area contributed by atoms with Crippen molar-refractivity contribution in [1.82, 2.24) is 5.32 Å². The summed E-state index contributed by atoms with van der Waals surface area (Å²) < 4.78 is 22.9. The molecule has 356 valence electrons. The summed E-state index contributed by atoms with van der Waals surface area (Å²) in [7, 11) is -5.11. The molecule has 1 aliphatic carbocycles. The summed E-state index contributed by atoms with van der Waals surface area (Å²) >= 11 is 0. The van der Waals surface area contributed by atoms with Crippen molar-refractivity contribution < 1.29 is 59.0 Å². The molecular formula is C46H90NO12P. The SMILES string of the molecule is CCCCCCCCCCCCC/C=C\CCCCCCCC(O)CC(=O)NC(COP(=O)(O)OC1C(O)C(O)C(O)C(O)C1O)C(O)CCCCCCCCCCCC. The molecule has 13 nitrogen and oxygen atoms in total. The van der Waals surface area contributed by atoms with Gasteiger partial charge in [-0.2, -0.15) is 0 Å². The number of unbranched alkanes of at least 4 members (excludes halogenated alkanes) is 25. The van der Waals surface area contributed by atoms with E-state index in [1.165, 1.54) is 103 Å². The van der Waals surface area contributed by atoms with Crippen LogP contribution in [0.25, 0.3) is 0 Å². The molecule has 0 bridgehead atoms. The van der Waals surface area contributed by atoms with Gasteiger partial charge in [-0.15, -0.1) is 0 Å². The van der Waals surface area contributed by atoms with Crippen LogP contribution >= 0.6 is 7.82 Å². The van der Waals surface area contributed by atoms with Crippen LogP contribution in [0, 0.1) is 0 Å². The van der Waals surface area contributed by atoms with Crippen LogP contribution in [0.15, 0.2) is 12.2 Å². The first-order valence-corrected chi connectivity index (χ1v) is 25.7. The molecule has 0 radical (unpaired) electrons. The van der Waals surface area contributed by atoms with Crippen LogP contribution in [0.3, 0.4) is 0 Å². The number of carbonyl (C=O) groups is 1. The van der Waals surface area contributed by atoms with E-state index in [9.17, 15) is 50.0 Å². The number of hydrogen-bond donors (Lipinski definition) is 9. The number of phosphoric ester groups is 1. The maximum Gasteiger partial charge on any atom is 0.472 e. The van der Waals surface area contributed by atoms with Crippen LogP contribution in [0.4, 0.5) is 0 Å². The van der Waals surface area contributed by atoms with E-state index >= 15 is 0 Å². The molecule has 0 heterocycles. The van der Waals surface area contributed by atoms with Crippen LogP contribution in [-0.2, 0) is 18.4 Å². The van der Waals surface area contributed by atoms with Gasteiger partial charge in [0.25, 0.3) is 0 Å². The first-order chi connectivity index (χ1) is 28.8. The largest absolute Gasteiger partial charge is 0.472 e. The van der Waals surface area contributed by atoms with E-state index in [0.29, 0.717) is 12.8 Å². The zero-order chi connectivity index (χ0) is 44.4. The van der Waals surface area contributed by atoms with Gasteiger partial charge in [-0.3, -0.25) is 13.8 Å². The standard InChI is InChI=1S/C46H90NO12P/c1-3-5-7-9-11-13-15-16-17-18-19-20-21-22-23-24-25-27-29-31-33-37(48)35-40(50)47-38(39(49)34-32-30-28-26-14-12-10-8-6-4-2)36-58-60(56,57)59-46-44(54)42(52)41(51)43(53)45(46)55/h21-22,37-39,41-46,48-49,51-55H,3-20,23-36H2,1-2H3,(H,47,50)(H,56,57)/b22-21-. The Morgan fingerprint density at radius 1 is 0.567 bits per heavy atom. The summed E-state index contributed by atoms with van der Waals surface area (Å²) in [5.74, 6) is -0.565. The highest BCUT2D eigenvalue weighted by atomic mass is 31.2. The van der Waals surface area contributed by atoms with Gasteiger partial charge in [-0.1, -0.05) is 180 Å². The second-order valence-corrected chi connectivity index (χ2v) is 18.9. The van der Waals surface area contributed by atoms with Crippen molar-refractivity contribution in [2.75, 3.05) is 6.61 Å². The molecule has 1 amide bonds. The molecule has 0 saturated heterocycles. The van der Waals surface area contributed by atoms with Gasteiger partial charge in [0.15, 0.2) is 0 Å². The Balaban J connectivity index is 2.43. The van der Waals surface area contributed by atoms with Crippen molar-refractivity contribution in [3.8, 4) is 0 Å². The number of allylic oxidation sites excluding steroid dienone is 2. The minimum atomic E-state index is -5.11. The summed E-state index contributed by atoms with van der Waals surface area (Å²) in [6.07, 6.45) is 24.2. The highest BCUT2D eigenvalue weighted by Crippen LogP contribution is 2.47. The smallest absolute Gasteiger partial charge is 0.393 e. The van der Waals surface area contributed by atoms with E-state index in [4.69, 9.17) is 9.05 Å². The lowest BCUT2D eigenvalue weighted by Gasteiger charge is -2.41. The zero-order valence-electron chi connectivity index (χ0n) is 37.6. The van der Waals surface area contributed by atoms with Crippen molar-refractivity contribution in [3.05, 3.63) is 12.2 Å². The molecule has 1 rings (SSSR count). The van der Waals surface area contributed by atoms with Crippen LogP contribution in [0.1, 0.15) is 213 Å². The third kappa shape index (κ3) is 28.0. The minimum absolute atomic E-state index is 0.225. The van der Waals surface area contributed by atoms with E-state index in [-0.39, 0.29) is 12.8 Å². The number of hydrogen-bond acceptors (Lipinski definition) is 11. The van der Waals surface area contributed by atoms with Gasteiger partial charge >= 0.3 is 7.82 Å². The summed E-state index contributed by atoms with van der Waals surface area (Å²) in [6, 6.07) is -1.15. The summed E-state index contributed by atoms with van der Waals surface area (Å²) in [6.45, 7) is 3.77. The number of aliphatic hydroxyl groups excluding tert-OH is 7. The summed E-state index contributed by atoms with van der Waals surface area (Å²) in [4.78, 5) is 23.4. The summed E-state index contributed by atoms with van der Waals surface area (Å²) in [5.41, 5.74) is 0. The lowest BCUT2D eigenvalue weighted by Crippen LogP contribution is -2.64. The van der Waals surface area contributed by atoms with E-state index in [1.807, 2.05) is 0 Å². The Bertz CT molecular complexity index is 1090. The first kappa shape index (κ1) is 57.1. The van der Waals surface area contributed by atoms with Crippen molar-refractivity contribution in [2.24, 2.45) is 0 Å². The van der Waals surface area contributed by atoms with Gasteiger partial charge in [0.2, 0.25) is 5.91 Å². The predicted molar refractivity (Wildman–Crippen MR) is 238 cm³/mol. The Morgan fingerprint density at radius 3 is 1.37 bits per heavy atom. The van der Waals surface area contributed by atoms with Crippen molar-refractivity contribution in [2.45, 2.75) is 268 Å². The number of aliphatic hydroxyl groups is 7. The Morgan fingerprint density at radius 2 is 0.933 bits per heavy atom. The molecule has 0 aromatic rings. The molecular weight excluding hydrogens is 789 g/mol. The second kappa shape index (κ2) is 36.4. The molecule has 14 heteroatoms. The molecule has 9 N–H and O–H groups in total. The van der Waals surface area contributed by atoms with E-state index < -0.39 is 75.2 Å². The van der Waals surface area contributed by atoms with E-state index in [0.717, 1.165) is 70.6 Å². The lowest BCUT2D eigenvalue weighted by atomic mass is 9.85. The molecule has 0 aromatic carbocycles. The monoisotopic (exact) mass is 880 g/mol. The maximum atomic E-state index is 13.0. The predicted octanol–water partition coefficient (Wildman–Crippen LogP) is 8.20. The quantitative estimate of drug-likeness (QED) is 0.0161. The van der Waals surface area contributed by atoms with E-state index in [2.05, 4.69) is 31.3 Å². The van der Waals surface area contributed by atoms with E-state index in [1.54, 1.807) is 0 Å². The molecule has 1 aliphatic rings. The van der Waals surface area contributed by atoms with Crippen LogP contribution in [0.2, 0.25) is 0 Å². The number of phosphoric acid groups is 1. The fraction of sp³-hybridized carbons (Fsp3) is 0.935. The van der Waals surface area contributed by atoms with Gasteiger partial charge in [0.05, 0.1) is 31.3 Å². The molecule has 8 unspecified atom stereocenters. The molecule has 0 aromatic heterocycles. The average molecular weight is 880 g/mol. The van der Waals surface area contributed by atoms with Crippen molar-refractivity contribution >= 4 is 13.7 Å². The third-order valence-electron chi connectivity index (χ3n) is 11.9. The molecule has 60 heavy (non-hydrogen) atoms. The van der Waals surface area contributed by atoms with Crippen molar-refractivity contribution in [3.63, 3.8) is 0 Å². The Labute approximate surface area is 363 Å². The highest BCUT2D eigenvalue weighted by Gasteiger charge is 2.51. The minimum Gasteiger partial charge on any atom is -0.393 e. The Hall–Kier alpha value is -0.960. The zero-order valence-corrected chi connectivity index (χ0v) is 38.5. The van der Waals surface area contributed by atoms with Crippen LogP contribution < -0.4 is 5.32 Å². The highest BCUT2D eigenvalue weighted by molar-refractivity contribution is 7.47. The number of amides is 1. The third-order valence-corrected chi connectivity index (χ3v) is 12.9. The average Bonchev–Trinajstić information content (AvgIpc) is 3.22. The molecule has 1 saturated carbocycles. The molecule has 0 aliphatic heterocycles. The first-order valence-electron chi connectivity index (χ1n) is 24.2. The summed E-state index contributed by atoms with van der Waals surface area (Å²) in [5, 5.41) is 74.5. The van der Waals surface area contributed by atoms with Gasteiger partial charge < -0.3 is 46.0 Å². The fourth-order valence-corrected chi connectivity index (χ4v) is 8.85. The van der Waals surface area contributed by atoms with Crippen molar-refractivity contribution in [1.29, 1.82) is 0 Å². The lowest BCUT2D eigenvalue weighted by molar-refractivity contribution is -0.220. The maximum absolute atomic E-state index is 13.0. The van der Waals surface area contributed by atoms with Crippen LogP contribution in [-0.4, -0.2) is 108 Å².